The second-order valence-corrected chi connectivity index (χ2v) is 7.37. The highest BCUT2D eigenvalue weighted by atomic mass is 32.1. The summed E-state index contributed by atoms with van der Waals surface area (Å²) in [4.78, 5) is 29.4. The number of esters is 1. The van der Waals surface area contributed by atoms with Gasteiger partial charge in [0.05, 0.1) is 5.52 Å². The van der Waals surface area contributed by atoms with Gasteiger partial charge in [-0.1, -0.05) is 18.7 Å². The maximum absolute atomic E-state index is 12.8. The standard InChI is InChI=1S/C22H20N4O3S/c1-4-10-29-22(28)17(12-23)21-26(5-2)20(27)19(30-21)13-24-16-8-9-18-15(11-16)7-6-14(3)25-18/h4,6-9,11,13,24H,1,5,10H2,2-3H3/b19-13+,21-17-. The highest BCUT2D eigenvalue weighted by molar-refractivity contribution is 7.07. The van der Waals surface area contributed by atoms with Crippen LogP contribution in [0.15, 0.2) is 47.8 Å². The third kappa shape index (κ3) is 4.31. The van der Waals surface area contributed by atoms with Crippen LogP contribution in [-0.2, 0) is 16.1 Å². The van der Waals surface area contributed by atoms with E-state index in [-0.39, 0.29) is 22.4 Å². The maximum atomic E-state index is 12.8. The van der Waals surface area contributed by atoms with E-state index in [1.807, 2.05) is 43.3 Å². The Kier molecular flexibility index (Phi) is 6.45. The van der Waals surface area contributed by atoms with E-state index in [1.165, 1.54) is 10.6 Å². The summed E-state index contributed by atoms with van der Waals surface area (Å²) >= 11 is 1.06. The lowest BCUT2D eigenvalue weighted by atomic mass is 10.2. The van der Waals surface area contributed by atoms with Gasteiger partial charge in [0, 0.05) is 29.5 Å². The zero-order valence-corrected chi connectivity index (χ0v) is 17.5. The second-order valence-electron chi connectivity index (χ2n) is 6.34. The molecule has 0 aliphatic carbocycles. The van der Waals surface area contributed by atoms with Crippen LogP contribution in [0, 0.1) is 18.3 Å². The van der Waals surface area contributed by atoms with Crippen molar-refractivity contribution in [3.8, 4) is 6.07 Å². The van der Waals surface area contributed by atoms with Crippen molar-refractivity contribution in [3.63, 3.8) is 0 Å². The van der Waals surface area contributed by atoms with E-state index in [0.29, 0.717) is 11.1 Å². The Morgan fingerprint density at radius 3 is 2.90 bits per heavy atom. The van der Waals surface area contributed by atoms with E-state index in [1.54, 1.807) is 13.1 Å². The normalized spacial score (nSPS) is 12.4. The molecule has 0 aliphatic heterocycles. The molecule has 0 bridgehead atoms. The Labute approximate surface area is 176 Å². The van der Waals surface area contributed by atoms with E-state index in [2.05, 4.69) is 16.9 Å². The number of hydrogen-bond donors (Lipinski definition) is 1. The van der Waals surface area contributed by atoms with Gasteiger partial charge < -0.3 is 10.1 Å². The van der Waals surface area contributed by atoms with Crippen LogP contribution in [0.5, 0.6) is 0 Å². The fourth-order valence-corrected chi connectivity index (χ4v) is 3.92. The van der Waals surface area contributed by atoms with Crippen LogP contribution in [-0.4, -0.2) is 22.1 Å². The number of aryl methyl sites for hydroxylation is 1. The van der Waals surface area contributed by atoms with Crippen LogP contribution in [0.3, 0.4) is 0 Å². The van der Waals surface area contributed by atoms with Crippen LogP contribution >= 0.6 is 11.3 Å². The number of benzene rings is 1. The Hall–Kier alpha value is -3.70. The molecule has 0 spiro atoms. The molecule has 0 unspecified atom stereocenters. The lowest BCUT2D eigenvalue weighted by molar-refractivity contribution is -0.135. The lowest BCUT2D eigenvalue weighted by Crippen LogP contribution is -2.32. The largest absolute Gasteiger partial charge is 0.457 e. The van der Waals surface area contributed by atoms with Crippen molar-refractivity contribution in [1.82, 2.24) is 9.55 Å². The molecule has 30 heavy (non-hydrogen) atoms. The molecule has 1 N–H and O–H groups in total. The number of rotatable bonds is 6. The van der Waals surface area contributed by atoms with E-state index in [0.717, 1.165) is 33.6 Å². The smallest absolute Gasteiger partial charge is 0.352 e. The van der Waals surface area contributed by atoms with Crippen molar-refractivity contribution in [3.05, 3.63) is 68.2 Å². The van der Waals surface area contributed by atoms with Gasteiger partial charge in [-0.25, -0.2) is 4.79 Å². The summed E-state index contributed by atoms with van der Waals surface area (Å²) in [5.41, 5.74) is 2.14. The zero-order valence-electron chi connectivity index (χ0n) is 16.6. The topological polar surface area (TPSA) is 97.0 Å². The number of anilines is 1. The second kappa shape index (κ2) is 9.20. The molecule has 3 aromatic rings. The maximum Gasteiger partial charge on any atom is 0.352 e. The summed E-state index contributed by atoms with van der Waals surface area (Å²) in [5.74, 6) is -0.780. The van der Waals surface area contributed by atoms with Crippen molar-refractivity contribution in [2.24, 2.45) is 0 Å². The van der Waals surface area contributed by atoms with Crippen molar-refractivity contribution in [1.29, 1.82) is 5.26 Å². The number of pyridine rings is 1. The molecule has 2 heterocycles. The summed E-state index contributed by atoms with van der Waals surface area (Å²) in [5, 5.41) is 13.5. The van der Waals surface area contributed by atoms with Crippen molar-refractivity contribution >= 4 is 45.7 Å². The first-order valence-electron chi connectivity index (χ1n) is 9.24. The molecule has 0 fully saturated rings. The van der Waals surface area contributed by atoms with Crippen molar-refractivity contribution in [2.75, 3.05) is 11.9 Å². The molecule has 2 aromatic heterocycles. The van der Waals surface area contributed by atoms with Gasteiger partial charge >= 0.3 is 5.97 Å². The van der Waals surface area contributed by atoms with Crippen LogP contribution < -0.4 is 20.1 Å². The highest BCUT2D eigenvalue weighted by Crippen LogP contribution is 2.18. The number of thiazole rings is 1. The van der Waals surface area contributed by atoms with Gasteiger partial charge in [-0.05, 0) is 38.1 Å². The predicted molar refractivity (Wildman–Crippen MR) is 118 cm³/mol. The molecule has 152 valence electrons. The number of ether oxygens (including phenoxy) is 1. The summed E-state index contributed by atoms with van der Waals surface area (Å²) in [6, 6.07) is 11.5. The molecular formula is C22H20N4O3S. The van der Waals surface area contributed by atoms with Gasteiger partial charge in [0.25, 0.3) is 5.56 Å². The Bertz CT molecular complexity index is 1350. The molecule has 1 aromatic carbocycles. The minimum atomic E-state index is -0.780. The number of nitrogens with one attached hydrogen (secondary N) is 1. The molecule has 0 saturated carbocycles. The van der Waals surface area contributed by atoms with Gasteiger partial charge in [0.2, 0.25) is 0 Å². The van der Waals surface area contributed by atoms with Gasteiger partial charge in [-0.2, -0.15) is 5.26 Å². The average Bonchev–Trinajstić information content (AvgIpc) is 3.06. The van der Waals surface area contributed by atoms with Crippen LogP contribution in [0.1, 0.15) is 12.6 Å². The highest BCUT2D eigenvalue weighted by Gasteiger charge is 2.16. The fourth-order valence-electron chi connectivity index (χ4n) is 2.85. The molecule has 8 heteroatoms. The Morgan fingerprint density at radius 1 is 1.40 bits per heavy atom. The monoisotopic (exact) mass is 420 g/mol. The minimum Gasteiger partial charge on any atom is -0.457 e. The molecule has 0 amide bonds. The number of nitrogens with zero attached hydrogens (tertiary/aromatic N) is 3. The molecule has 0 radical (unpaired) electrons. The summed E-state index contributed by atoms with van der Waals surface area (Å²) < 4.78 is 7.00. The average molecular weight is 420 g/mol. The third-order valence-corrected chi connectivity index (χ3v) is 5.41. The van der Waals surface area contributed by atoms with Crippen molar-refractivity contribution in [2.45, 2.75) is 20.4 Å². The number of carbonyl (C=O) groups is 1. The number of aromatic nitrogens is 2. The molecular weight excluding hydrogens is 400 g/mol. The van der Waals surface area contributed by atoms with Gasteiger partial charge in [0.15, 0.2) is 5.57 Å². The van der Waals surface area contributed by atoms with Crippen LogP contribution in [0.25, 0.3) is 22.7 Å². The summed E-state index contributed by atoms with van der Waals surface area (Å²) in [7, 11) is 0. The zero-order chi connectivity index (χ0) is 21.7. The van der Waals surface area contributed by atoms with Gasteiger partial charge in [0.1, 0.15) is 21.9 Å². The number of hydrogen-bond acceptors (Lipinski definition) is 7. The van der Waals surface area contributed by atoms with Crippen LogP contribution in [0.2, 0.25) is 0 Å². The van der Waals surface area contributed by atoms with Crippen molar-refractivity contribution < 1.29 is 9.53 Å². The lowest BCUT2D eigenvalue weighted by Gasteiger charge is -2.03. The van der Waals surface area contributed by atoms with Gasteiger partial charge in [-0.15, -0.1) is 11.3 Å². The third-order valence-electron chi connectivity index (χ3n) is 4.28. The summed E-state index contributed by atoms with van der Waals surface area (Å²) in [6.45, 7) is 7.50. The first-order chi connectivity index (χ1) is 14.5. The number of nitriles is 1. The molecule has 0 atom stereocenters. The van der Waals surface area contributed by atoms with Crippen LogP contribution in [0.4, 0.5) is 5.69 Å². The first kappa shape index (κ1) is 21.0. The fraction of sp³-hybridized carbons (Fsp3) is 0.182. The Balaban J connectivity index is 2.04. The Morgan fingerprint density at radius 2 is 2.20 bits per heavy atom. The van der Waals surface area contributed by atoms with Gasteiger partial charge in [-0.3, -0.25) is 14.3 Å². The minimum absolute atomic E-state index is 0.0113. The predicted octanol–water partition coefficient (Wildman–Crippen LogP) is 2.04. The number of fused-ring (bicyclic) bond motifs is 1. The van der Waals surface area contributed by atoms with E-state index >= 15 is 0 Å². The van der Waals surface area contributed by atoms with E-state index in [9.17, 15) is 14.9 Å². The molecule has 3 rings (SSSR count). The first-order valence-corrected chi connectivity index (χ1v) is 10.1. The molecule has 7 nitrogen and oxygen atoms in total. The molecule has 0 saturated heterocycles. The quantitative estimate of drug-likeness (QED) is 0.484. The summed E-state index contributed by atoms with van der Waals surface area (Å²) in [6.07, 6.45) is 2.99. The SMILES string of the molecule is C=CCOC(=O)/C(C#N)=c1\s/c(=C/Nc2ccc3nc(C)ccc3c2)c(=O)n1CC. The number of carbonyl (C=O) groups excluding carboxylic acids is 1. The molecule has 0 aliphatic rings. The van der Waals surface area contributed by atoms with E-state index in [4.69, 9.17) is 4.74 Å². The van der Waals surface area contributed by atoms with E-state index < -0.39 is 5.97 Å².